The first kappa shape index (κ1) is 22.3. The van der Waals surface area contributed by atoms with Crippen molar-refractivity contribution in [1.29, 1.82) is 0 Å². The third-order valence-electron chi connectivity index (χ3n) is 3.76. The molecule has 11 nitrogen and oxygen atoms in total. The highest BCUT2D eigenvalue weighted by atomic mass is 16.6. The van der Waals surface area contributed by atoms with Gasteiger partial charge in [-0.05, 0) is 11.6 Å². The molecule has 0 amide bonds. The van der Waals surface area contributed by atoms with Crippen molar-refractivity contribution in [1.82, 2.24) is 0 Å². The van der Waals surface area contributed by atoms with Crippen LogP contribution in [0.25, 0.3) is 0 Å². The number of nitrogens with zero attached hydrogens (tertiary/aromatic N) is 2. The first-order valence-electron chi connectivity index (χ1n) is 8.64. The van der Waals surface area contributed by atoms with E-state index in [1.165, 1.54) is 6.07 Å². The van der Waals surface area contributed by atoms with Gasteiger partial charge < -0.3 is 14.2 Å². The van der Waals surface area contributed by atoms with E-state index in [4.69, 9.17) is 14.2 Å². The molecule has 0 spiro atoms. The number of ether oxygens (including phenoxy) is 3. The van der Waals surface area contributed by atoms with Crippen LogP contribution >= 0.6 is 0 Å². The normalized spacial score (nSPS) is 11.3. The summed E-state index contributed by atoms with van der Waals surface area (Å²) in [6.07, 6.45) is -1.67. The first-order valence-corrected chi connectivity index (χ1v) is 8.64. The highest BCUT2D eigenvalue weighted by molar-refractivity contribution is 5.73. The summed E-state index contributed by atoms with van der Waals surface area (Å²) in [4.78, 5) is 44.1. The van der Waals surface area contributed by atoms with E-state index in [-0.39, 0.29) is 12.4 Å². The van der Waals surface area contributed by atoms with Gasteiger partial charge in [0, 0.05) is 24.8 Å². The van der Waals surface area contributed by atoms with Crippen LogP contribution in [-0.2, 0) is 20.9 Å². The maximum atomic E-state index is 11.7. The molecule has 0 saturated carbocycles. The maximum absolute atomic E-state index is 11.7. The number of carbonyl (C=O) groups excluding carboxylic acids is 2. The molecule has 158 valence electrons. The maximum Gasteiger partial charge on any atom is 0.308 e. The van der Waals surface area contributed by atoms with Crippen LogP contribution in [-0.4, -0.2) is 28.3 Å². The number of benzene rings is 2. The molecule has 2 aromatic rings. The SMILES string of the molecule is CC(=O)Oc1c(OCc2ccccc2)ccc([N+](=O)[O-])c1C(C[N+](=O)[O-])OC(C)=O. The lowest BCUT2D eigenvalue weighted by atomic mass is 10.0. The van der Waals surface area contributed by atoms with E-state index in [2.05, 4.69) is 0 Å². The Balaban J connectivity index is 2.61. The van der Waals surface area contributed by atoms with Crippen molar-refractivity contribution >= 4 is 17.6 Å². The molecule has 1 atom stereocenters. The lowest BCUT2D eigenvalue weighted by Crippen LogP contribution is -2.21. The summed E-state index contributed by atoms with van der Waals surface area (Å²) in [7, 11) is 0. The summed E-state index contributed by atoms with van der Waals surface area (Å²) >= 11 is 0. The molecule has 0 saturated heterocycles. The zero-order valence-electron chi connectivity index (χ0n) is 16.1. The highest BCUT2D eigenvalue weighted by Gasteiger charge is 2.35. The zero-order chi connectivity index (χ0) is 22.3. The minimum absolute atomic E-state index is 0.0276. The third-order valence-corrected chi connectivity index (χ3v) is 3.76. The topological polar surface area (TPSA) is 148 Å². The molecular formula is C19H18N2O9. The Labute approximate surface area is 170 Å². The largest absolute Gasteiger partial charge is 0.485 e. The molecule has 0 aromatic heterocycles. The summed E-state index contributed by atoms with van der Waals surface area (Å²) in [5.41, 5.74) is -0.299. The van der Waals surface area contributed by atoms with E-state index in [0.29, 0.717) is 0 Å². The summed E-state index contributed by atoms with van der Waals surface area (Å²) in [5.74, 6) is -2.24. The van der Waals surface area contributed by atoms with E-state index >= 15 is 0 Å². The Morgan fingerprint density at radius 1 is 1.00 bits per heavy atom. The van der Waals surface area contributed by atoms with E-state index in [1.807, 2.05) is 0 Å². The molecule has 0 fully saturated rings. The third kappa shape index (κ3) is 5.99. The van der Waals surface area contributed by atoms with Crippen LogP contribution in [0.2, 0.25) is 0 Å². The first-order chi connectivity index (χ1) is 14.2. The number of hydrogen-bond acceptors (Lipinski definition) is 9. The lowest BCUT2D eigenvalue weighted by molar-refractivity contribution is -0.491. The molecular weight excluding hydrogens is 400 g/mol. The lowest BCUT2D eigenvalue weighted by Gasteiger charge is -2.19. The molecule has 2 rings (SSSR count). The van der Waals surface area contributed by atoms with Crippen LogP contribution in [0.1, 0.15) is 31.1 Å². The second-order valence-electron chi connectivity index (χ2n) is 6.06. The fraction of sp³-hybridized carbons (Fsp3) is 0.263. The molecule has 0 heterocycles. The Bertz CT molecular complexity index is 944. The van der Waals surface area contributed by atoms with Crippen molar-refractivity contribution in [2.45, 2.75) is 26.6 Å². The van der Waals surface area contributed by atoms with E-state index < -0.39 is 51.4 Å². The molecule has 0 bridgehead atoms. The number of nitro benzene ring substituents is 1. The van der Waals surface area contributed by atoms with Crippen molar-refractivity contribution in [3.63, 3.8) is 0 Å². The van der Waals surface area contributed by atoms with Crippen LogP contribution in [0.3, 0.4) is 0 Å². The van der Waals surface area contributed by atoms with Gasteiger partial charge in [-0.25, -0.2) is 0 Å². The molecule has 0 aliphatic carbocycles. The average Bonchev–Trinajstić information content (AvgIpc) is 2.65. The van der Waals surface area contributed by atoms with Gasteiger partial charge in [0.1, 0.15) is 12.2 Å². The van der Waals surface area contributed by atoms with Crippen molar-refractivity contribution in [3.8, 4) is 11.5 Å². The average molecular weight is 418 g/mol. The second kappa shape index (κ2) is 9.96. The Kier molecular flexibility index (Phi) is 7.39. The van der Waals surface area contributed by atoms with Gasteiger partial charge in [-0.2, -0.15) is 0 Å². The van der Waals surface area contributed by atoms with Gasteiger partial charge in [0.2, 0.25) is 12.6 Å². The van der Waals surface area contributed by atoms with Gasteiger partial charge in [0.15, 0.2) is 11.5 Å². The predicted octanol–water partition coefficient (Wildman–Crippen LogP) is 2.98. The van der Waals surface area contributed by atoms with Gasteiger partial charge in [-0.15, -0.1) is 0 Å². The molecule has 11 heteroatoms. The van der Waals surface area contributed by atoms with Gasteiger partial charge in [0.25, 0.3) is 5.69 Å². The van der Waals surface area contributed by atoms with E-state index in [9.17, 15) is 29.8 Å². The number of esters is 2. The van der Waals surface area contributed by atoms with Gasteiger partial charge in [0.05, 0.1) is 4.92 Å². The van der Waals surface area contributed by atoms with E-state index in [0.717, 1.165) is 25.5 Å². The van der Waals surface area contributed by atoms with Crippen LogP contribution in [0.4, 0.5) is 5.69 Å². The minimum atomic E-state index is -1.67. The molecule has 0 radical (unpaired) electrons. The summed E-state index contributed by atoms with van der Waals surface area (Å²) in [5, 5.41) is 22.6. The smallest absolute Gasteiger partial charge is 0.308 e. The van der Waals surface area contributed by atoms with Gasteiger partial charge in [-0.3, -0.25) is 29.8 Å². The predicted molar refractivity (Wildman–Crippen MR) is 102 cm³/mol. The van der Waals surface area contributed by atoms with Crippen molar-refractivity contribution in [2.75, 3.05) is 6.54 Å². The fourth-order valence-corrected chi connectivity index (χ4v) is 2.66. The molecule has 0 N–H and O–H groups in total. The number of nitro groups is 2. The summed E-state index contributed by atoms with van der Waals surface area (Å²) in [6.45, 7) is 1.11. The van der Waals surface area contributed by atoms with Crippen molar-refractivity contribution in [3.05, 3.63) is 73.8 Å². The fourth-order valence-electron chi connectivity index (χ4n) is 2.66. The molecule has 30 heavy (non-hydrogen) atoms. The Morgan fingerprint density at radius 3 is 2.20 bits per heavy atom. The highest BCUT2D eigenvalue weighted by Crippen LogP contribution is 2.43. The standard InChI is InChI=1S/C19H18N2O9/c1-12(22)29-17(10-20(24)25)18-15(21(26)27)8-9-16(19(18)30-13(2)23)28-11-14-6-4-3-5-7-14/h3-9,17H,10-11H2,1-2H3. The van der Waals surface area contributed by atoms with Gasteiger partial charge >= 0.3 is 11.9 Å². The van der Waals surface area contributed by atoms with Crippen molar-refractivity contribution in [2.24, 2.45) is 0 Å². The second-order valence-corrected chi connectivity index (χ2v) is 6.06. The Morgan fingerprint density at radius 2 is 1.67 bits per heavy atom. The number of carbonyl (C=O) groups is 2. The number of hydrogen-bond donors (Lipinski definition) is 0. The number of rotatable bonds is 9. The van der Waals surface area contributed by atoms with Crippen LogP contribution in [0, 0.1) is 20.2 Å². The molecule has 0 aliphatic rings. The van der Waals surface area contributed by atoms with Crippen LogP contribution in [0.15, 0.2) is 42.5 Å². The van der Waals surface area contributed by atoms with Gasteiger partial charge in [-0.1, -0.05) is 30.3 Å². The minimum Gasteiger partial charge on any atom is -0.485 e. The quantitative estimate of drug-likeness (QED) is 0.259. The monoisotopic (exact) mass is 418 g/mol. The molecule has 1 unspecified atom stereocenters. The summed E-state index contributed by atoms with van der Waals surface area (Å²) < 4.78 is 15.7. The Hall–Kier alpha value is -4.02. The molecule has 2 aromatic carbocycles. The van der Waals surface area contributed by atoms with Crippen molar-refractivity contribution < 1.29 is 33.6 Å². The zero-order valence-corrected chi connectivity index (χ0v) is 16.1. The molecule has 0 aliphatic heterocycles. The van der Waals surface area contributed by atoms with Crippen LogP contribution < -0.4 is 9.47 Å². The van der Waals surface area contributed by atoms with Crippen LogP contribution in [0.5, 0.6) is 11.5 Å². The summed E-state index contributed by atoms with van der Waals surface area (Å²) in [6, 6.07) is 11.2. The van der Waals surface area contributed by atoms with E-state index in [1.54, 1.807) is 30.3 Å².